The van der Waals surface area contributed by atoms with Gasteiger partial charge in [0.2, 0.25) is 0 Å². The lowest BCUT2D eigenvalue weighted by molar-refractivity contribution is 0.0686. The Bertz CT molecular complexity index is 622. The summed E-state index contributed by atoms with van der Waals surface area (Å²) in [6.45, 7) is 0. The first-order chi connectivity index (χ1) is 8.99. The largest absolute Gasteiger partial charge is 0.477 e. The molecule has 19 heavy (non-hydrogen) atoms. The molecule has 0 aliphatic rings. The van der Waals surface area contributed by atoms with Gasteiger partial charge in [-0.25, -0.2) is 13.6 Å². The number of aromatic nitrogens is 2. The molecular formula is C10H5F2N3O3S. The van der Waals surface area contributed by atoms with Crippen molar-refractivity contribution in [3.05, 3.63) is 40.4 Å². The minimum Gasteiger partial charge on any atom is -0.477 e. The summed E-state index contributed by atoms with van der Waals surface area (Å²) in [5, 5.41) is 14.2. The van der Waals surface area contributed by atoms with Crippen LogP contribution >= 0.6 is 11.5 Å². The summed E-state index contributed by atoms with van der Waals surface area (Å²) in [7, 11) is 0. The summed E-state index contributed by atoms with van der Waals surface area (Å²) in [6, 6.07) is 1.44. The van der Waals surface area contributed by atoms with E-state index in [1.54, 1.807) is 0 Å². The molecule has 0 saturated heterocycles. The second-order valence-electron chi connectivity index (χ2n) is 3.36. The van der Waals surface area contributed by atoms with Crippen molar-refractivity contribution in [1.29, 1.82) is 0 Å². The van der Waals surface area contributed by atoms with E-state index in [9.17, 15) is 18.4 Å². The smallest absolute Gasteiger partial charge is 0.341 e. The van der Waals surface area contributed by atoms with Gasteiger partial charge in [0.15, 0.2) is 0 Å². The standard InChI is InChI=1S/C10H5F2N3O3S/c11-5-1-4(2-6(12)8(5)10(17)18)14-9(16)7-3-13-15-19-7/h1-3H,(H,14,16)(H,17,18). The number of amides is 1. The number of nitrogens with one attached hydrogen (secondary N) is 1. The lowest BCUT2D eigenvalue weighted by Gasteiger charge is -2.06. The summed E-state index contributed by atoms with van der Waals surface area (Å²) < 4.78 is 30.2. The van der Waals surface area contributed by atoms with Crippen LogP contribution in [-0.4, -0.2) is 26.6 Å². The summed E-state index contributed by atoms with van der Waals surface area (Å²) >= 11 is 0.812. The number of carboxylic acids is 1. The van der Waals surface area contributed by atoms with E-state index in [-0.39, 0.29) is 10.6 Å². The van der Waals surface area contributed by atoms with Crippen LogP contribution in [0.15, 0.2) is 18.3 Å². The second kappa shape index (κ2) is 5.06. The highest BCUT2D eigenvalue weighted by molar-refractivity contribution is 7.07. The predicted molar refractivity (Wildman–Crippen MR) is 61.2 cm³/mol. The molecule has 1 amide bonds. The molecule has 0 radical (unpaired) electrons. The van der Waals surface area contributed by atoms with E-state index in [0.717, 1.165) is 23.7 Å². The highest BCUT2D eigenvalue weighted by Crippen LogP contribution is 2.19. The molecular weight excluding hydrogens is 280 g/mol. The molecule has 0 atom stereocenters. The molecule has 2 aromatic rings. The molecule has 1 heterocycles. The van der Waals surface area contributed by atoms with Gasteiger partial charge in [0.05, 0.1) is 6.20 Å². The van der Waals surface area contributed by atoms with Gasteiger partial charge < -0.3 is 10.4 Å². The molecule has 2 N–H and O–H groups in total. The topological polar surface area (TPSA) is 92.2 Å². The number of carboxylic acid groups (broad SMARTS) is 1. The van der Waals surface area contributed by atoms with Crippen molar-refractivity contribution < 1.29 is 23.5 Å². The number of anilines is 1. The zero-order valence-electron chi connectivity index (χ0n) is 9.05. The maximum absolute atomic E-state index is 13.4. The minimum absolute atomic E-state index is 0.156. The molecule has 6 nitrogen and oxygen atoms in total. The number of aromatic carboxylic acids is 1. The van der Waals surface area contributed by atoms with Gasteiger partial charge in [-0.05, 0) is 23.7 Å². The number of rotatable bonds is 3. The van der Waals surface area contributed by atoms with Crippen LogP contribution in [-0.2, 0) is 0 Å². The van der Waals surface area contributed by atoms with Crippen molar-refractivity contribution in [2.24, 2.45) is 0 Å². The minimum atomic E-state index is -1.72. The highest BCUT2D eigenvalue weighted by Gasteiger charge is 2.19. The van der Waals surface area contributed by atoms with Crippen molar-refractivity contribution in [3.8, 4) is 0 Å². The number of carbonyl (C=O) groups excluding carboxylic acids is 1. The molecule has 0 saturated carbocycles. The number of hydrogen-bond donors (Lipinski definition) is 2. The Kier molecular flexibility index (Phi) is 3.47. The van der Waals surface area contributed by atoms with Gasteiger partial charge in [-0.15, -0.1) is 5.10 Å². The van der Waals surface area contributed by atoms with E-state index in [1.807, 2.05) is 0 Å². The molecule has 0 spiro atoms. The number of benzene rings is 1. The van der Waals surface area contributed by atoms with Crippen molar-refractivity contribution in [1.82, 2.24) is 9.59 Å². The van der Waals surface area contributed by atoms with Crippen LogP contribution in [0.4, 0.5) is 14.5 Å². The fraction of sp³-hybridized carbons (Fsp3) is 0. The van der Waals surface area contributed by atoms with Gasteiger partial charge >= 0.3 is 5.97 Å². The van der Waals surface area contributed by atoms with Crippen LogP contribution in [0, 0.1) is 11.6 Å². The van der Waals surface area contributed by atoms with E-state index < -0.39 is 29.1 Å². The first-order valence-corrected chi connectivity index (χ1v) is 5.57. The molecule has 0 aliphatic carbocycles. The Hall–Kier alpha value is -2.42. The third-order valence-corrected chi connectivity index (χ3v) is 2.76. The Labute approximate surface area is 108 Å². The van der Waals surface area contributed by atoms with Crippen LogP contribution in [0.25, 0.3) is 0 Å². The first-order valence-electron chi connectivity index (χ1n) is 4.80. The van der Waals surface area contributed by atoms with Crippen LogP contribution in [0.1, 0.15) is 20.0 Å². The molecule has 1 aromatic heterocycles. The number of nitrogens with zero attached hydrogens (tertiary/aromatic N) is 2. The number of hydrogen-bond acceptors (Lipinski definition) is 5. The maximum Gasteiger partial charge on any atom is 0.341 e. The van der Waals surface area contributed by atoms with Crippen molar-refractivity contribution in [2.45, 2.75) is 0 Å². The molecule has 0 aliphatic heterocycles. The highest BCUT2D eigenvalue weighted by atomic mass is 32.1. The fourth-order valence-corrected chi connectivity index (χ4v) is 1.72. The summed E-state index contributed by atoms with van der Waals surface area (Å²) in [6.07, 6.45) is 1.19. The lowest BCUT2D eigenvalue weighted by atomic mass is 10.1. The second-order valence-corrected chi connectivity index (χ2v) is 4.14. The Morgan fingerprint density at radius 3 is 2.37 bits per heavy atom. The zero-order valence-corrected chi connectivity index (χ0v) is 9.87. The van der Waals surface area contributed by atoms with E-state index in [0.29, 0.717) is 0 Å². The molecule has 2 rings (SSSR count). The van der Waals surface area contributed by atoms with E-state index >= 15 is 0 Å². The Balaban J connectivity index is 2.28. The molecule has 0 bridgehead atoms. The maximum atomic E-state index is 13.4. The molecule has 98 valence electrons. The summed E-state index contributed by atoms with van der Waals surface area (Å²) in [5.74, 6) is -4.91. The fourth-order valence-electron chi connectivity index (χ4n) is 1.31. The van der Waals surface area contributed by atoms with Crippen molar-refractivity contribution >= 4 is 29.1 Å². The predicted octanol–water partition coefficient (Wildman–Crippen LogP) is 1.77. The molecule has 0 unspecified atom stereocenters. The summed E-state index contributed by atoms with van der Waals surface area (Å²) in [4.78, 5) is 22.3. The Morgan fingerprint density at radius 1 is 1.26 bits per heavy atom. The average molecular weight is 285 g/mol. The average Bonchev–Trinajstić information content (AvgIpc) is 2.80. The quantitative estimate of drug-likeness (QED) is 0.896. The molecule has 1 aromatic carbocycles. The third-order valence-electron chi connectivity index (χ3n) is 2.10. The van der Waals surface area contributed by atoms with Gasteiger partial charge in [0.25, 0.3) is 5.91 Å². The van der Waals surface area contributed by atoms with E-state index in [4.69, 9.17) is 5.11 Å². The first kappa shape index (κ1) is 13.0. The monoisotopic (exact) mass is 285 g/mol. The van der Waals surface area contributed by atoms with Crippen LogP contribution in [0.5, 0.6) is 0 Å². The number of halogens is 2. The Morgan fingerprint density at radius 2 is 1.89 bits per heavy atom. The van der Waals surface area contributed by atoms with Gasteiger partial charge in [-0.3, -0.25) is 4.79 Å². The third kappa shape index (κ3) is 2.71. The number of carbonyl (C=O) groups is 2. The SMILES string of the molecule is O=C(Nc1cc(F)c(C(=O)O)c(F)c1)c1cnns1. The van der Waals surface area contributed by atoms with Crippen molar-refractivity contribution in [2.75, 3.05) is 5.32 Å². The van der Waals surface area contributed by atoms with E-state index in [1.165, 1.54) is 6.20 Å². The zero-order chi connectivity index (χ0) is 14.0. The normalized spacial score (nSPS) is 10.2. The lowest BCUT2D eigenvalue weighted by Crippen LogP contribution is -2.12. The van der Waals surface area contributed by atoms with Gasteiger partial charge in [-0.1, -0.05) is 4.49 Å². The van der Waals surface area contributed by atoms with Gasteiger partial charge in [-0.2, -0.15) is 0 Å². The molecule has 9 heteroatoms. The van der Waals surface area contributed by atoms with Crippen LogP contribution < -0.4 is 5.32 Å². The van der Waals surface area contributed by atoms with Crippen LogP contribution in [0.2, 0.25) is 0 Å². The molecule has 0 fully saturated rings. The van der Waals surface area contributed by atoms with Crippen molar-refractivity contribution in [3.63, 3.8) is 0 Å². The summed E-state index contributed by atoms with van der Waals surface area (Å²) in [5.41, 5.74) is -1.27. The van der Waals surface area contributed by atoms with Gasteiger partial charge in [0.1, 0.15) is 22.1 Å². The van der Waals surface area contributed by atoms with Gasteiger partial charge in [0, 0.05) is 5.69 Å². The van der Waals surface area contributed by atoms with E-state index in [2.05, 4.69) is 14.9 Å². The van der Waals surface area contributed by atoms with Crippen LogP contribution in [0.3, 0.4) is 0 Å².